The minimum atomic E-state index is -0.585. The number of aromatic nitrogens is 1. The topological polar surface area (TPSA) is 70.8 Å². The zero-order valence-corrected chi connectivity index (χ0v) is 20.5. The van der Waals surface area contributed by atoms with E-state index >= 15 is 0 Å². The number of benzene rings is 1. The summed E-state index contributed by atoms with van der Waals surface area (Å²) in [6.45, 7) is 18.3. The van der Waals surface area contributed by atoms with Crippen molar-refractivity contribution in [1.29, 1.82) is 0 Å². The summed E-state index contributed by atoms with van der Waals surface area (Å²) in [7, 11) is 0. The van der Waals surface area contributed by atoms with Crippen molar-refractivity contribution in [3.8, 4) is 5.75 Å². The van der Waals surface area contributed by atoms with Crippen LogP contribution < -0.4 is 20.3 Å². The summed E-state index contributed by atoms with van der Waals surface area (Å²) in [6.07, 6.45) is 1.08. The van der Waals surface area contributed by atoms with Gasteiger partial charge in [0.2, 0.25) is 5.69 Å². The number of nitrogens with zero attached hydrogens (tertiary/aromatic N) is 3. The van der Waals surface area contributed by atoms with E-state index in [2.05, 4.69) is 20.5 Å². The Hall–Kier alpha value is -2.89. The van der Waals surface area contributed by atoms with Crippen molar-refractivity contribution in [3.63, 3.8) is 0 Å². The first-order valence-electron chi connectivity index (χ1n) is 11.3. The molecule has 1 aromatic heterocycles. The van der Waals surface area contributed by atoms with E-state index in [4.69, 9.17) is 22.9 Å². The van der Waals surface area contributed by atoms with Gasteiger partial charge in [0.05, 0.1) is 17.2 Å². The molecule has 2 heterocycles. The number of hydrogen-bond donors (Lipinski definition) is 2. The van der Waals surface area contributed by atoms with Crippen LogP contribution in [0.1, 0.15) is 38.1 Å². The number of hydrogen-bond acceptors (Lipinski definition) is 5. The number of piperazine rings is 1. The Bertz CT molecular complexity index is 1120. The lowest BCUT2D eigenvalue weighted by Crippen LogP contribution is -2.74. The molecule has 1 aliphatic carbocycles. The number of nitrogens with one attached hydrogen (secondary N) is 2. The van der Waals surface area contributed by atoms with E-state index in [1.807, 2.05) is 32.6 Å². The highest BCUT2D eigenvalue weighted by atomic mass is 35.5. The summed E-state index contributed by atoms with van der Waals surface area (Å²) < 4.78 is 21.1. The minimum Gasteiger partial charge on any atom is -0.489 e. The third-order valence-electron chi connectivity index (χ3n) is 6.93. The highest BCUT2D eigenvalue weighted by molar-refractivity contribution is 6.33. The van der Waals surface area contributed by atoms with Crippen LogP contribution in [0.5, 0.6) is 5.75 Å². The molecule has 0 bridgehead atoms. The van der Waals surface area contributed by atoms with Gasteiger partial charge in [-0.2, -0.15) is 0 Å². The van der Waals surface area contributed by atoms with E-state index in [0.29, 0.717) is 22.3 Å². The summed E-state index contributed by atoms with van der Waals surface area (Å²) in [5.41, 5.74) is -0.579. The molecule has 4 rings (SSSR count). The second-order valence-corrected chi connectivity index (χ2v) is 10.4. The third kappa shape index (κ3) is 4.30. The largest absolute Gasteiger partial charge is 0.489 e. The summed E-state index contributed by atoms with van der Waals surface area (Å²) in [5.74, 6) is 0.0208. The standard InChI is InChI=1S/C25H29ClFN5O2/c1-24(2)22(25(3,4)23(24)34-15-6-7-19(28-5)17(26)12-15)31-21(33)16-14-30-20(13-18(16)27)32-10-8-29-9-11-32/h6-7,12-14,22-23,29H,8-11H2,1-4H3,(H,31,33). The molecule has 0 unspecified atom stereocenters. The Morgan fingerprint density at radius 3 is 2.53 bits per heavy atom. The minimum absolute atomic E-state index is 0.0728. The molecule has 1 aromatic carbocycles. The number of rotatable bonds is 5. The second kappa shape index (κ2) is 9.05. The average Bonchev–Trinajstić information content (AvgIpc) is 2.81. The van der Waals surface area contributed by atoms with E-state index in [1.165, 1.54) is 12.3 Å². The van der Waals surface area contributed by atoms with Gasteiger partial charge in [0.15, 0.2) is 0 Å². The van der Waals surface area contributed by atoms with E-state index in [0.717, 1.165) is 26.2 Å². The Morgan fingerprint density at radius 1 is 1.26 bits per heavy atom. The number of carbonyl (C=O) groups is 1. The molecular formula is C25H29ClFN5O2. The molecule has 0 spiro atoms. The first-order valence-corrected chi connectivity index (χ1v) is 11.7. The van der Waals surface area contributed by atoms with Gasteiger partial charge in [-0.1, -0.05) is 45.4 Å². The monoisotopic (exact) mass is 485 g/mol. The quantitative estimate of drug-likeness (QED) is 0.612. The Morgan fingerprint density at radius 2 is 1.94 bits per heavy atom. The van der Waals surface area contributed by atoms with Crippen molar-refractivity contribution < 1.29 is 13.9 Å². The maximum absolute atomic E-state index is 14.9. The van der Waals surface area contributed by atoms with Gasteiger partial charge in [0.1, 0.15) is 23.5 Å². The van der Waals surface area contributed by atoms with Gasteiger partial charge in [-0.3, -0.25) is 4.79 Å². The normalized spacial score (nSPS) is 22.9. The van der Waals surface area contributed by atoms with Crippen LogP contribution in [0, 0.1) is 23.2 Å². The van der Waals surface area contributed by atoms with Crippen molar-refractivity contribution in [2.75, 3.05) is 31.1 Å². The van der Waals surface area contributed by atoms with Crippen molar-refractivity contribution >= 4 is 29.0 Å². The van der Waals surface area contributed by atoms with Crippen molar-refractivity contribution in [1.82, 2.24) is 15.6 Å². The van der Waals surface area contributed by atoms with Crippen LogP contribution in [-0.4, -0.2) is 49.2 Å². The molecule has 2 aliphatic rings. The smallest absolute Gasteiger partial charge is 0.256 e. The van der Waals surface area contributed by atoms with Gasteiger partial charge in [-0.15, -0.1) is 0 Å². The maximum atomic E-state index is 14.9. The van der Waals surface area contributed by atoms with Crippen LogP contribution in [0.25, 0.3) is 4.85 Å². The molecule has 180 valence electrons. The molecule has 2 aromatic rings. The van der Waals surface area contributed by atoms with E-state index in [1.54, 1.807) is 18.2 Å². The number of halogens is 2. The van der Waals surface area contributed by atoms with Gasteiger partial charge < -0.3 is 20.3 Å². The van der Waals surface area contributed by atoms with Gasteiger partial charge in [-0.05, 0) is 12.1 Å². The predicted octanol–water partition coefficient (Wildman–Crippen LogP) is 4.45. The number of carbonyl (C=O) groups excluding carboxylic acids is 1. The molecule has 1 saturated carbocycles. The fourth-order valence-corrected chi connectivity index (χ4v) is 5.66. The molecule has 1 saturated heterocycles. The lowest BCUT2D eigenvalue weighted by Gasteiger charge is -2.63. The van der Waals surface area contributed by atoms with Crippen molar-refractivity contribution in [2.24, 2.45) is 10.8 Å². The van der Waals surface area contributed by atoms with Crippen LogP contribution in [0.2, 0.25) is 5.02 Å². The van der Waals surface area contributed by atoms with Crippen molar-refractivity contribution in [2.45, 2.75) is 39.8 Å². The van der Waals surface area contributed by atoms with E-state index < -0.39 is 22.6 Å². The molecule has 1 aliphatic heterocycles. The summed E-state index contributed by atoms with van der Waals surface area (Å²) in [5, 5.41) is 6.59. The van der Waals surface area contributed by atoms with E-state index in [-0.39, 0.29) is 17.7 Å². The van der Waals surface area contributed by atoms with E-state index in [9.17, 15) is 9.18 Å². The summed E-state index contributed by atoms with van der Waals surface area (Å²) in [4.78, 5) is 22.7. The van der Waals surface area contributed by atoms with Crippen LogP contribution in [-0.2, 0) is 0 Å². The number of ether oxygens (including phenoxy) is 1. The van der Waals surface area contributed by atoms with Crippen LogP contribution in [0.15, 0.2) is 30.5 Å². The first-order chi connectivity index (χ1) is 16.1. The zero-order chi connectivity index (χ0) is 24.7. The summed E-state index contributed by atoms with van der Waals surface area (Å²) in [6, 6.07) is 6.05. The molecular weight excluding hydrogens is 457 g/mol. The number of amides is 1. The molecule has 7 nitrogen and oxygen atoms in total. The number of anilines is 1. The second-order valence-electron chi connectivity index (χ2n) is 10.0. The fourth-order valence-electron chi connectivity index (χ4n) is 5.45. The van der Waals surface area contributed by atoms with Crippen LogP contribution in [0.3, 0.4) is 0 Å². The predicted molar refractivity (Wildman–Crippen MR) is 130 cm³/mol. The molecule has 34 heavy (non-hydrogen) atoms. The fraction of sp³-hybridized carbons (Fsp3) is 0.480. The number of pyridine rings is 1. The van der Waals surface area contributed by atoms with Gasteiger partial charge in [-0.25, -0.2) is 14.2 Å². The Kier molecular flexibility index (Phi) is 6.45. The molecule has 2 fully saturated rings. The highest BCUT2D eigenvalue weighted by Crippen LogP contribution is 2.55. The first kappa shape index (κ1) is 24.2. The van der Waals surface area contributed by atoms with Gasteiger partial charge in [0, 0.05) is 55.3 Å². The van der Waals surface area contributed by atoms with Crippen molar-refractivity contribution in [3.05, 3.63) is 58.3 Å². The molecule has 0 radical (unpaired) electrons. The molecule has 0 atom stereocenters. The molecule has 1 amide bonds. The van der Waals surface area contributed by atoms with Crippen LogP contribution >= 0.6 is 11.6 Å². The van der Waals surface area contributed by atoms with Gasteiger partial charge in [0.25, 0.3) is 5.91 Å². The molecule has 2 N–H and O–H groups in total. The SMILES string of the molecule is [C-]#[N+]c1ccc(OC2C(C)(C)C(NC(=O)c3cnc(N4CCNCC4)cc3F)C2(C)C)cc1Cl. The zero-order valence-electron chi connectivity index (χ0n) is 19.8. The lowest BCUT2D eigenvalue weighted by molar-refractivity contribution is -0.164. The summed E-state index contributed by atoms with van der Waals surface area (Å²) >= 11 is 6.16. The van der Waals surface area contributed by atoms with Gasteiger partial charge >= 0.3 is 0 Å². The Balaban J connectivity index is 1.47. The average molecular weight is 486 g/mol. The maximum Gasteiger partial charge on any atom is 0.256 e. The molecule has 9 heteroatoms. The lowest BCUT2D eigenvalue weighted by atomic mass is 9.49. The third-order valence-corrected chi connectivity index (χ3v) is 7.24. The Labute approximate surface area is 204 Å². The highest BCUT2D eigenvalue weighted by Gasteiger charge is 2.64. The van der Waals surface area contributed by atoms with Crippen LogP contribution in [0.4, 0.5) is 15.9 Å².